The van der Waals surface area contributed by atoms with Gasteiger partial charge in [0.2, 0.25) is 17.2 Å². The number of anilines is 2. The molecule has 0 aliphatic carbocycles. The van der Waals surface area contributed by atoms with Crippen LogP contribution in [-0.4, -0.2) is 22.0 Å². The van der Waals surface area contributed by atoms with Crippen molar-refractivity contribution in [1.82, 2.24) is 15.0 Å². The molecule has 3 N–H and O–H groups in total. The van der Waals surface area contributed by atoms with E-state index >= 15 is 0 Å². The van der Waals surface area contributed by atoms with Gasteiger partial charge in [-0.15, -0.1) is 0 Å². The maximum atomic E-state index is 5.45. The van der Waals surface area contributed by atoms with Crippen LogP contribution in [0.3, 0.4) is 0 Å². The second-order valence-electron chi connectivity index (χ2n) is 1.54. The molecule has 1 rings (SSSR count). The first-order valence-electron chi connectivity index (χ1n) is 2.57. The Hall–Kier alpha value is -1.10. The van der Waals surface area contributed by atoms with Crippen molar-refractivity contribution in [2.75, 3.05) is 18.1 Å². The lowest BCUT2D eigenvalue weighted by molar-refractivity contribution is 1.06. The van der Waals surface area contributed by atoms with Gasteiger partial charge in [-0.05, 0) is 11.6 Å². The first-order valence-corrected chi connectivity index (χ1v) is 2.95. The lowest BCUT2D eigenvalue weighted by Crippen LogP contribution is -2.02. The average molecular weight is 160 g/mol. The molecule has 0 aliphatic rings. The van der Waals surface area contributed by atoms with E-state index in [-0.39, 0.29) is 11.2 Å². The summed E-state index contributed by atoms with van der Waals surface area (Å²) < 4.78 is 0. The summed E-state index contributed by atoms with van der Waals surface area (Å²) in [5.74, 6) is 0.488. The Morgan fingerprint density at radius 2 is 2.10 bits per heavy atom. The molecule has 0 spiro atoms. The van der Waals surface area contributed by atoms with E-state index in [0.29, 0.717) is 5.95 Å². The SMILES string of the molecule is CNc1nc(N)nc(Cl)n1. The van der Waals surface area contributed by atoms with Gasteiger partial charge < -0.3 is 11.1 Å². The summed E-state index contributed by atoms with van der Waals surface area (Å²) in [4.78, 5) is 11.0. The van der Waals surface area contributed by atoms with Gasteiger partial charge in [-0.25, -0.2) is 0 Å². The van der Waals surface area contributed by atoms with E-state index in [1.807, 2.05) is 0 Å². The Labute approximate surface area is 62.6 Å². The van der Waals surface area contributed by atoms with E-state index in [1.54, 1.807) is 7.05 Å². The van der Waals surface area contributed by atoms with Crippen molar-refractivity contribution in [3.8, 4) is 0 Å². The lowest BCUT2D eigenvalue weighted by Gasteiger charge is -1.97. The van der Waals surface area contributed by atoms with Gasteiger partial charge in [-0.3, -0.25) is 0 Å². The van der Waals surface area contributed by atoms with Gasteiger partial charge in [0, 0.05) is 7.05 Å². The molecule has 0 fully saturated rings. The zero-order chi connectivity index (χ0) is 7.56. The van der Waals surface area contributed by atoms with E-state index in [0.717, 1.165) is 0 Å². The van der Waals surface area contributed by atoms with E-state index in [2.05, 4.69) is 20.3 Å². The van der Waals surface area contributed by atoms with Gasteiger partial charge in [-0.1, -0.05) is 0 Å². The Morgan fingerprint density at radius 1 is 1.40 bits per heavy atom. The summed E-state index contributed by atoms with van der Waals surface area (Å²) in [6.45, 7) is 0. The summed E-state index contributed by atoms with van der Waals surface area (Å²) in [6.07, 6.45) is 0. The van der Waals surface area contributed by atoms with E-state index in [9.17, 15) is 0 Å². The minimum atomic E-state index is 0.0943. The van der Waals surface area contributed by atoms with E-state index in [4.69, 9.17) is 17.3 Å². The number of nitrogen functional groups attached to an aromatic ring is 1. The van der Waals surface area contributed by atoms with Crippen molar-refractivity contribution < 1.29 is 0 Å². The lowest BCUT2D eigenvalue weighted by atomic mass is 10.9. The number of nitrogens with one attached hydrogen (secondary N) is 1. The smallest absolute Gasteiger partial charge is 0.228 e. The van der Waals surface area contributed by atoms with E-state index < -0.39 is 0 Å². The first-order chi connectivity index (χ1) is 4.72. The molecule has 1 heterocycles. The van der Waals surface area contributed by atoms with Crippen LogP contribution in [0.1, 0.15) is 0 Å². The maximum Gasteiger partial charge on any atom is 0.228 e. The number of rotatable bonds is 1. The van der Waals surface area contributed by atoms with Crippen molar-refractivity contribution in [3.63, 3.8) is 0 Å². The molecule has 0 saturated heterocycles. The Balaban J connectivity index is 3.06. The third-order valence-corrected chi connectivity index (χ3v) is 1.02. The zero-order valence-corrected chi connectivity index (χ0v) is 6.05. The second kappa shape index (κ2) is 2.66. The predicted molar refractivity (Wildman–Crippen MR) is 38.8 cm³/mol. The molecule has 0 aromatic carbocycles. The molecule has 1 aromatic rings. The highest BCUT2D eigenvalue weighted by Crippen LogP contribution is 2.04. The normalized spacial score (nSPS) is 9.40. The van der Waals surface area contributed by atoms with Crippen molar-refractivity contribution >= 4 is 23.5 Å². The number of hydrogen-bond acceptors (Lipinski definition) is 5. The highest BCUT2D eigenvalue weighted by Gasteiger charge is 1.97. The molecule has 0 saturated carbocycles. The van der Waals surface area contributed by atoms with Crippen LogP contribution < -0.4 is 11.1 Å². The molecule has 1 aromatic heterocycles. The van der Waals surface area contributed by atoms with Crippen LogP contribution in [0.4, 0.5) is 11.9 Å². The van der Waals surface area contributed by atoms with Crippen LogP contribution >= 0.6 is 11.6 Å². The number of hydrogen-bond donors (Lipinski definition) is 2. The summed E-state index contributed by atoms with van der Waals surface area (Å²) in [7, 11) is 1.67. The molecular weight excluding hydrogens is 154 g/mol. The number of nitrogens with two attached hydrogens (primary N) is 1. The molecule has 5 nitrogen and oxygen atoms in total. The van der Waals surface area contributed by atoms with Crippen LogP contribution in [0.5, 0.6) is 0 Å². The minimum Gasteiger partial charge on any atom is -0.368 e. The van der Waals surface area contributed by atoms with Crippen molar-refractivity contribution in [1.29, 1.82) is 0 Å². The zero-order valence-electron chi connectivity index (χ0n) is 5.30. The minimum absolute atomic E-state index is 0.0943. The van der Waals surface area contributed by atoms with Crippen molar-refractivity contribution in [2.45, 2.75) is 0 Å². The number of aromatic nitrogens is 3. The number of nitrogens with zero attached hydrogens (tertiary/aromatic N) is 3. The Bertz CT molecular complexity index is 217. The fraction of sp³-hybridized carbons (Fsp3) is 0.250. The van der Waals surface area contributed by atoms with Crippen molar-refractivity contribution in [2.24, 2.45) is 0 Å². The third kappa shape index (κ3) is 1.44. The fourth-order valence-electron chi connectivity index (χ4n) is 0.477. The molecule has 0 radical (unpaired) electrons. The van der Waals surface area contributed by atoms with Gasteiger partial charge in [-0.2, -0.15) is 15.0 Å². The summed E-state index contributed by atoms with van der Waals surface area (Å²) in [5, 5.41) is 2.78. The molecule has 6 heteroatoms. The fourth-order valence-corrected chi connectivity index (χ4v) is 0.644. The van der Waals surface area contributed by atoms with Gasteiger partial charge in [0.05, 0.1) is 0 Å². The highest BCUT2D eigenvalue weighted by molar-refractivity contribution is 6.28. The van der Waals surface area contributed by atoms with Crippen LogP contribution in [-0.2, 0) is 0 Å². The van der Waals surface area contributed by atoms with Crippen LogP contribution in [0, 0.1) is 0 Å². The van der Waals surface area contributed by atoms with Gasteiger partial charge in [0.1, 0.15) is 0 Å². The molecule has 54 valence electrons. The monoisotopic (exact) mass is 159 g/mol. The quantitative estimate of drug-likeness (QED) is 0.610. The molecule has 0 bridgehead atoms. The highest BCUT2D eigenvalue weighted by atomic mass is 35.5. The molecule has 10 heavy (non-hydrogen) atoms. The topological polar surface area (TPSA) is 76.7 Å². The predicted octanol–water partition coefficient (Wildman–Crippen LogP) is 0.149. The molecule has 0 unspecified atom stereocenters. The van der Waals surface area contributed by atoms with Gasteiger partial charge in [0.15, 0.2) is 0 Å². The summed E-state index contributed by atoms with van der Waals surface area (Å²) >= 11 is 5.45. The van der Waals surface area contributed by atoms with Gasteiger partial charge >= 0.3 is 0 Å². The summed E-state index contributed by atoms with van der Waals surface area (Å²) in [5.41, 5.74) is 5.25. The molecular formula is C4H6ClN5. The number of halogens is 1. The third-order valence-electron chi connectivity index (χ3n) is 0.849. The van der Waals surface area contributed by atoms with Crippen molar-refractivity contribution in [3.05, 3.63) is 5.28 Å². The standard InChI is InChI=1S/C4H6ClN5/c1-7-4-9-2(5)8-3(6)10-4/h1H3,(H3,6,7,8,9,10). The van der Waals surface area contributed by atoms with Crippen LogP contribution in [0.25, 0.3) is 0 Å². The van der Waals surface area contributed by atoms with Gasteiger partial charge in [0.25, 0.3) is 0 Å². The molecule has 0 atom stereocenters. The Kier molecular flexibility index (Phi) is 1.86. The summed E-state index contributed by atoms with van der Waals surface area (Å²) in [6, 6.07) is 0. The molecule has 0 amide bonds. The second-order valence-corrected chi connectivity index (χ2v) is 1.87. The van der Waals surface area contributed by atoms with E-state index in [1.165, 1.54) is 0 Å². The first kappa shape index (κ1) is 7.01. The Morgan fingerprint density at radius 3 is 2.60 bits per heavy atom. The largest absolute Gasteiger partial charge is 0.368 e. The average Bonchev–Trinajstić information content (AvgIpc) is 1.85. The maximum absolute atomic E-state index is 5.45. The van der Waals surface area contributed by atoms with Crippen LogP contribution in [0.15, 0.2) is 0 Å². The van der Waals surface area contributed by atoms with Crippen LogP contribution in [0.2, 0.25) is 5.28 Å². The molecule has 0 aliphatic heterocycles.